The molecule has 4 rings (SSSR count). The van der Waals surface area contributed by atoms with Crippen LogP contribution >= 0.6 is 11.3 Å². The standard InChI is InChI=1S/C13H14N6OS/c20-11-4-5-14-12-19(11)17-13(21-12)18-6-2-1-3-10(18)9-7-15-16-8-9/h4-5,7-8,10H,1-3,6H2,(H,15,16)/t10-/m0/s1. The van der Waals surface area contributed by atoms with Crippen LogP contribution in [-0.4, -0.2) is 31.3 Å². The van der Waals surface area contributed by atoms with Gasteiger partial charge in [-0.2, -0.15) is 9.61 Å². The van der Waals surface area contributed by atoms with Gasteiger partial charge >= 0.3 is 0 Å². The van der Waals surface area contributed by atoms with Crippen LogP contribution in [0.5, 0.6) is 0 Å². The summed E-state index contributed by atoms with van der Waals surface area (Å²) in [6.45, 7) is 0.935. The molecule has 1 saturated heterocycles. The van der Waals surface area contributed by atoms with Crippen LogP contribution in [-0.2, 0) is 0 Å². The van der Waals surface area contributed by atoms with Crippen molar-refractivity contribution in [1.29, 1.82) is 0 Å². The lowest BCUT2D eigenvalue weighted by atomic mass is 9.98. The molecule has 1 atom stereocenters. The minimum atomic E-state index is -0.139. The van der Waals surface area contributed by atoms with Crippen molar-refractivity contribution < 1.29 is 0 Å². The van der Waals surface area contributed by atoms with Gasteiger partial charge in [-0.05, 0) is 19.3 Å². The third-order valence-electron chi connectivity index (χ3n) is 3.81. The van der Waals surface area contributed by atoms with Crippen molar-refractivity contribution in [3.05, 3.63) is 40.6 Å². The second-order valence-corrected chi connectivity index (χ2v) is 6.03. The zero-order chi connectivity index (χ0) is 14.2. The SMILES string of the molecule is O=c1ccnc2sc(N3CCCC[C@H]3c3cn[nH]c3)nn12. The summed E-state index contributed by atoms with van der Waals surface area (Å²) in [6.07, 6.45) is 8.71. The van der Waals surface area contributed by atoms with Crippen LogP contribution in [0.15, 0.2) is 29.5 Å². The molecule has 0 unspecified atom stereocenters. The van der Waals surface area contributed by atoms with Crippen LogP contribution in [0.4, 0.5) is 5.13 Å². The molecule has 1 N–H and O–H groups in total. The van der Waals surface area contributed by atoms with E-state index in [-0.39, 0.29) is 11.6 Å². The highest BCUT2D eigenvalue weighted by atomic mass is 32.1. The first-order valence-corrected chi connectivity index (χ1v) is 7.75. The van der Waals surface area contributed by atoms with Gasteiger partial charge in [0.05, 0.1) is 12.2 Å². The summed E-state index contributed by atoms with van der Waals surface area (Å²) < 4.78 is 1.38. The lowest BCUT2D eigenvalue weighted by Gasteiger charge is -2.34. The Morgan fingerprint density at radius 1 is 1.38 bits per heavy atom. The Morgan fingerprint density at radius 3 is 3.14 bits per heavy atom. The van der Waals surface area contributed by atoms with E-state index in [2.05, 4.69) is 25.2 Å². The average molecular weight is 302 g/mol. The van der Waals surface area contributed by atoms with Gasteiger partial charge in [-0.15, -0.1) is 5.10 Å². The van der Waals surface area contributed by atoms with Gasteiger partial charge in [-0.3, -0.25) is 9.89 Å². The third-order valence-corrected chi connectivity index (χ3v) is 4.77. The molecule has 0 saturated carbocycles. The van der Waals surface area contributed by atoms with Gasteiger partial charge in [0.25, 0.3) is 5.56 Å². The number of aromatic nitrogens is 5. The molecule has 0 bridgehead atoms. The first kappa shape index (κ1) is 12.5. The molecule has 4 heterocycles. The predicted molar refractivity (Wildman–Crippen MR) is 79.7 cm³/mol. The number of hydrogen-bond acceptors (Lipinski definition) is 6. The van der Waals surface area contributed by atoms with Gasteiger partial charge in [-0.25, -0.2) is 4.98 Å². The first-order valence-electron chi connectivity index (χ1n) is 6.93. The minimum absolute atomic E-state index is 0.139. The number of nitrogens with zero attached hydrogens (tertiary/aromatic N) is 5. The fraction of sp³-hybridized carbons (Fsp3) is 0.385. The van der Waals surface area contributed by atoms with Crippen molar-refractivity contribution in [1.82, 2.24) is 24.8 Å². The Balaban J connectivity index is 1.78. The van der Waals surface area contributed by atoms with Crippen LogP contribution in [0.2, 0.25) is 0 Å². The lowest BCUT2D eigenvalue weighted by molar-refractivity contribution is 0.471. The smallest absolute Gasteiger partial charge is 0.275 e. The number of aromatic amines is 1. The van der Waals surface area contributed by atoms with Crippen LogP contribution in [0, 0.1) is 0 Å². The molecular weight excluding hydrogens is 288 g/mol. The second kappa shape index (κ2) is 4.96. The quantitative estimate of drug-likeness (QED) is 0.778. The summed E-state index contributed by atoms with van der Waals surface area (Å²) in [6, 6.07) is 1.69. The van der Waals surface area contributed by atoms with Crippen LogP contribution in [0.3, 0.4) is 0 Å². The van der Waals surface area contributed by atoms with Crippen molar-refractivity contribution in [3.63, 3.8) is 0 Å². The van der Waals surface area contributed by atoms with E-state index >= 15 is 0 Å². The Hall–Kier alpha value is -2.22. The van der Waals surface area contributed by atoms with E-state index in [0.29, 0.717) is 4.96 Å². The van der Waals surface area contributed by atoms with E-state index in [1.54, 1.807) is 0 Å². The summed E-state index contributed by atoms with van der Waals surface area (Å²) in [5, 5.41) is 12.2. The number of H-pyrrole nitrogens is 1. The van der Waals surface area contributed by atoms with Crippen molar-refractivity contribution in [2.75, 3.05) is 11.4 Å². The van der Waals surface area contributed by atoms with Gasteiger partial charge in [0.1, 0.15) is 0 Å². The topological polar surface area (TPSA) is 79.2 Å². The van der Waals surface area contributed by atoms with E-state index in [4.69, 9.17) is 0 Å². The molecule has 8 heteroatoms. The Bertz CT molecular complexity index is 808. The number of anilines is 1. The summed E-state index contributed by atoms with van der Waals surface area (Å²) in [4.78, 5) is 18.9. The highest BCUT2D eigenvalue weighted by molar-refractivity contribution is 7.20. The molecule has 0 radical (unpaired) electrons. The number of rotatable bonds is 2. The fourth-order valence-corrected chi connectivity index (χ4v) is 3.75. The molecule has 0 aliphatic carbocycles. The average Bonchev–Trinajstić information content (AvgIpc) is 3.17. The van der Waals surface area contributed by atoms with Crippen LogP contribution in [0.1, 0.15) is 30.9 Å². The molecule has 1 aliphatic rings. The van der Waals surface area contributed by atoms with E-state index in [1.807, 2.05) is 12.4 Å². The van der Waals surface area contributed by atoms with Crippen molar-refractivity contribution >= 4 is 21.4 Å². The second-order valence-electron chi connectivity index (χ2n) is 5.10. The maximum absolute atomic E-state index is 11.8. The molecule has 108 valence electrons. The fourth-order valence-electron chi connectivity index (χ4n) is 2.80. The lowest BCUT2D eigenvalue weighted by Crippen LogP contribution is -2.33. The molecular formula is C13H14N6OS. The summed E-state index contributed by atoms with van der Waals surface area (Å²) in [7, 11) is 0. The molecule has 1 aliphatic heterocycles. The van der Waals surface area contributed by atoms with Gasteiger partial charge in [0, 0.05) is 30.6 Å². The molecule has 3 aromatic rings. The maximum Gasteiger partial charge on any atom is 0.275 e. The predicted octanol–water partition coefficient (Wildman–Crippen LogP) is 1.61. The third kappa shape index (κ3) is 2.11. The van der Waals surface area contributed by atoms with Gasteiger partial charge < -0.3 is 4.90 Å². The Morgan fingerprint density at radius 2 is 2.33 bits per heavy atom. The molecule has 1 fully saturated rings. The largest absolute Gasteiger partial charge is 0.339 e. The summed E-state index contributed by atoms with van der Waals surface area (Å²) in [5.41, 5.74) is 1.02. The van der Waals surface area contributed by atoms with Crippen molar-refractivity contribution in [3.8, 4) is 0 Å². The minimum Gasteiger partial charge on any atom is -0.339 e. The van der Waals surface area contributed by atoms with Gasteiger partial charge in [-0.1, -0.05) is 11.3 Å². The molecule has 3 aromatic heterocycles. The summed E-state index contributed by atoms with van der Waals surface area (Å²) >= 11 is 1.46. The molecule has 7 nitrogen and oxygen atoms in total. The van der Waals surface area contributed by atoms with Crippen molar-refractivity contribution in [2.24, 2.45) is 0 Å². The van der Waals surface area contributed by atoms with E-state index in [9.17, 15) is 4.79 Å². The summed E-state index contributed by atoms with van der Waals surface area (Å²) in [5.74, 6) is 0. The molecule has 0 spiro atoms. The van der Waals surface area contributed by atoms with Crippen LogP contribution < -0.4 is 10.5 Å². The molecule has 21 heavy (non-hydrogen) atoms. The first-order chi connectivity index (χ1) is 10.3. The zero-order valence-electron chi connectivity index (χ0n) is 11.3. The normalized spacial score (nSPS) is 19.2. The maximum atomic E-state index is 11.8. The number of piperidine rings is 1. The van der Waals surface area contributed by atoms with Crippen LogP contribution in [0.25, 0.3) is 4.96 Å². The molecule has 0 aromatic carbocycles. The molecule has 0 amide bonds. The highest BCUT2D eigenvalue weighted by Gasteiger charge is 2.27. The van der Waals surface area contributed by atoms with E-state index < -0.39 is 0 Å². The van der Waals surface area contributed by atoms with Gasteiger partial charge in [0.2, 0.25) is 10.1 Å². The zero-order valence-corrected chi connectivity index (χ0v) is 12.1. The number of hydrogen-bond donors (Lipinski definition) is 1. The monoisotopic (exact) mass is 302 g/mol. The Kier molecular flexibility index (Phi) is 2.95. The van der Waals surface area contributed by atoms with E-state index in [0.717, 1.165) is 30.1 Å². The van der Waals surface area contributed by atoms with Gasteiger partial charge in [0.15, 0.2) is 0 Å². The Labute approximate surface area is 124 Å². The number of fused-ring (bicyclic) bond motifs is 1. The van der Waals surface area contributed by atoms with Crippen molar-refractivity contribution in [2.45, 2.75) is 25.3 Å². The number of nitrogens with one attached hydrogen (secondary N) is 1. The highest BCUT2D eigenvalue weighted by Crippen LogP contribution is 2.36. The van der Waals surface area contributed by atoms with E-state index in [1.165, 1.54) is 34.5 Å².